The molecule has 0 unspecified atom stereocenters. The maximum atomic E-state index is 12.1. The number of hydrogen-bond acceptors (Lipinski definition) is 3. The summed E-state index contributed by atoms with van der Waals surface area (Å²) in [4.78, 5) is 19.7. The number of carbonyl (C=O) groups excluding carboxylic acids is 1. The van der Waals surface area contributed by atoms with E-state index >= 15 is 0 Å². The van der Waals surface area contributed by atoms with Crippen LogP contribution in [-0.2, 0) is 9.53 Å². The Balaban J connectivity index is 1.77. The van der Waals surface area contributed by atoms with Gasteiger partial charge in [-0.05, 0) is 31.4 Å². The molecule has 5 heteroatoms. The van der Waals surface area contributed by atoms with E-state index < -0.39 is 0 Å². The van der Waals surface area contributed by atoms with E-state index in [1.165, 1.54) is 0 Å². The van der Waals surface area contributed by atoms with Crippen LogP contribution in [0.4, 0.5) is 5.95 Å². The molecular formula is C14H17N3O2. The summed E-state index contributed by atoms with van der Waals surface area (Å²) in [5.74, 6) is 0.587. The van der Waals surface area contributed by atoms with Crippen LogP contribution < -0.4 is 5.32 Å². The second-order valence-corrected chi connectivity index (χ2v) is 4.93. The molecule has 5 nitrogen and oxygen atoms in total. The average molecular weight is 259 g/mol. The van der Waals surface area contributed by atoms with E-state index in [2.05, 4.69) is 15.3 Å². The topological polar surface area (TPSA) is 67.0 Å². The Morgan fingerprint density at radius 2 is 2.21 bits per heavy atom. The van der Waals surface area contributed by atoms with Gasteiger partial charge in [0.2, 0.25) is 11.9 Å². The molecule has 3 rings (SSSR count). The molecule has 1 amide bonds. The van der Waals surface area contributed by atoms with E-state index in [0.29, 0.717) is 19.2 Å². The highest BCUT2D eigenvalue weighted by Crippen LogP contribution is 2.20. The number of ether oxygens (including phenoxy) is 1. The minimum Gasteiger partial charge on any atom is -0.381 e. The van der Waals surface area contributed by atoms with Crippen LogP contribution in [-0.4, -0.2) is 29.1 Å². The molecule has 1 aromatic heterocycles. The number of aromatic nitrogens is 2. The Bertz CT molecular complexity index is 600. The molecule has 1 saturated heterocycles. The van der Waals surface area contributed by atoms with Gasteiger partial charge in [0.1, 0.15) is 0 Å². The van der Waals surface area contributed by atoms with Crippen LogP contribution in [0.2, 0.25) is 0 Å². The number of H-pyrrole nitrogens is 1. The van der Waals surface area contributed by atoms with E-state index in [1.807, 2.05) is 25.1 Å². The second kappa shape index (κ2) is 5.01. The zero-order valence-electron chi connectivity index (χ0n) is 10.9. The predicted molar refractivity (Wildman–Crippen MR) is 73.0 cm³/mol. The number of hydrogen-bond donors (Lipinski definition) is 2. The molecule has 0 radical (unpaired) electrons. The lowest BCUT2D eigenvalue weighted by Gasteiger charge is -2.20. The molecule has 1 aliphatic heterocycles. The van der Waals surface area contributed by atoms with Crippen molar-refractivity contribution >= 4 is 22.9 Å². The number of imidazole rings is 1. The number of rotatable bonds is 2. The van der Waals surface area contributed by atoms with Crippen molar-refractivity contribution in [3.63, 3.8) is 0 Å². The van der Waals surface area contributed by atoms with Crippen molar-refractivity contribution in [2.75, 3.05) is 18.5 Å². The number of aromatic amines is 1. The van der Waals surface area contributed by atoms with E-state index in [-0.39, 0.29) is 11.8 Å². The summed E-state index contributed by atoms with van der Waals surface area (Å²) in [6.45, 7) is 3.34. The number of fused-ring (bicyclic) bond motifs is 1. The standard InChI is InChI=1S/C14H17N3O2/c1-9-3-2-4-11-12(9)16-14(15-11)17-13(18)10-5-7-19-8-6-10/h2-4,10H,5-8H2,1H3,(H2,15,16,17,18). The number of aryl methyl sites for hydroxylation is 1. The zero-order chi connectivity index (χ0) is 13.2. The lowest BCUT2D eigenvalue weighted by molar-refractivity contribution is -0.122. The lowest BCUT2D eigenvalue weighted by atomic mass is 10.00. The number of nitrogens with one attached hydrogen (secondary N) is 2. The van der Waals surface area contributed by atoms with Crippen LogP contribution in [0, 0.1) is 12.8 Å². The van der Waals surface area contributed by atoms with Gasteiger partial charge in [-0.1, -0.05) is 12.1 Å². The summed E-state index contributed by atoms with van der Waals surface area (Å²) in [6.07, 6.45) is 1.57. The normalized spacial score (nSPS) is 16.7. The monoisotopic (exact) mass is 259 g/mol. The first kappa shape index (κ1) is 12.2. The van der Waals surface area contributed by atoms with Crippen LogP contribution in [0.25, 0.3) is 11.0 Å². The Kier molecular flexibility index (Phi) is 3.21. The van der Waals surface area contributed by atoms with Crippen LogP contribution in [0.1, 0.15) is 18.4 Å². The number of amides is 1. The highest BCUT2D eigenvalue weighted by atomic mass is 16.5. The molecule has 100 valence electrons. The van der Waals surface area contributed by atoms with Gasteiger partial charge in [0.05, 0.1) is 11.0 Å². The van der Waals surface area contributed by atoms with Crippen molar-refractivity contribution in [3.8, 4) is 0 Å². The number of para-hydroxylation sites is 1. The van der Waals surface area contributed by atoms with Crippen molar-refractivity contribution in [2.24, 2.45) is 5.92 Å². The average Bonchev–Trinajstić information content (AvgIpc) is 2.84. The SMILES string of the molecule is Cc1cccc2[nH]c(NC(=O)C3CCOCC3)nc12. The number of anilines is 1. The van der Waals surface area contributed by atoms with Crippen molar-refractivity contribution in [1.29, 1.82) is 0 Å². The van der Waals surface area contributed by atoms with E-state index in [1.54, 1.807) is 0 Å². The molecule has 0 saturated carbocycles. The highest BCUT2D eigenvalue weighted by molar-refractivity contribution is 5.93. The third-order valence-electron chi connectivity index (χ3n) is 3.55. The first-order valence-electron chi connectivity index (χ1n) is 6.58. The molecule has 19 heavy (non-hydrogen) atoms. The molecule has 2 heterocycles. The molecular weight excluding hydrogens is 242 g/mol. The van der Waals surface area contributed by atoms with E-state index in [9.17, 15) is 4.79 Å². The molecule has 0 aliphatic carbocycles. The Morgan fingerprint density at radius 1 is 1.42 bits per heavy atom. The van der Waals surface area contributed by atoms with Gasteiger partial charge in [0.15, 0.2) is 0 Å². The highest BCUT2D eigenvalue weighted by Gasteiger charge is 2.22. The van der Waals surface area contributed by atoms with E-state index in [0.717, 1.165) is 29.4 Å². The molecule has 2 N–H and O–H groups in total. The van der Waals surface area contributed by atoms with Crippen LogP contribution in [0.15, 0.2) is 18.2 Å². The first-order chi connectivity index (χ1) is 9.24. The summed E-state index contributed by atoms with van der Waals surface area (Å²) in [7, 11) is 0. The third kappa shape index (κ3) is 2.46. The molecule has 1 aromatic carbocycles. The minimum absolute atomic E-state index is 0.0278. The quantitative estimate of drug-likeness (QED) is 0.869. The van der Waals surface area contributed by atoms with Gasteiger partial charge in [0.25, 0.3) is 0 Å². The predicted octanol–water partition coefficient (Wildman–Crippen LogP) is 2.24. The number of nitrogens with zero attached hydrogens (tertiary/aromatic N) is 1. The zero-order valence-corrected chi connectivity index (χ0v) is 10.9. The van der Waals surface area contributed by atoms with Crippen molar-refractivity contribution in [2.45, 2.75) is 19.8 Å². The number of benzene rings is 1. The van der Waals surface area contributed by atoms with Crippen molar-refractivity contribution < 1.29 is 9.53 Å². The molecule has 0 bridgehead atoms. The van der Waals surface area contributed by atoms with E-state index in [4.69, 9.17) is 4.74 Å². The Morgan fingerprint density at radius 3 is 2.95 bits per heavy atom. The maximum absolute atomic E-state index is 12.1. The fraction of sp³-hybridized carbons (Fsp3) is 0.429. The van der Waals surface area contributed by atoms with Crippen molar-refractivity contribution in [1.82, 2.24) is 9.97 Å². The van der Waals surface area contributed by atoms with Crippen LogP contribution >= 0.6 is 0 Å². The van der Waals surface area contributed by atoms with Gasteiger partial charge >= 0.3 is 0 Å². The Hall–Kier alpha value is -1.88. The molecule has 0 spiro atoms. The molecule has 2 aromatic rings. The lowest BCUT2D eigenvalue weighted by Crippen LogP contribution is -2.28. The summed E-state index contributed by atoms with van der Waals surface area (Å²) >= 11 is 0. The largest absolute Gasteiger partial charge is 0.381 e. The maximum Gasteiger partial charge on any atom is 0.229 e. The summed E-state index contributed by atoms with van der Waals surface area (Å²) in [5, 5.41) is 2.87. The van der Waals surface area contributed by atoms with Gasteiger partial charge in [-0.3, -0.25) is 10.1 Å². The summed E-state index contributed by atoms with van der Waals surface area (Å²) in [6, 6.07) is 5.94. The summed E-state index contributed by atoms with van der Waals surface area (Å²) in [5.41, 5.74) is 2.95. The molecule has 1 fully saturated rings. The van der Waals surface area contributed by atoms with Gasteiger partial charge in [0, 0.05) is 19.1 Å². The van der Waals surface area contributed by atoms with Gasteiger partial charge in [-0.2, -0.15) is 0 Å². The van der Waals surface area contributed by atoms with Crippen LogP contribution in [0.3, 0.4) is 0 Å². The smallest absolute Gasteiger partial charge is 0.229 e. The molecule has 1 aliphatic rings. The third-order valence-corrected chi connectivity index (χ3v) is 3.55. The fourth-order valence-electron chi connectivity index (χ4n) is 2.41. The van der Waals surface area contributed by atoms with Crippen molar-refractivity contribution in [3.05, 3.63) is 23.8 Å². The second-order valence-electron chi connectivity index (χ2n) is 4.93. The summed E-state index contributed by atoms with van der Waals surface area (Å²) < 4.78 is 5.26. The fourth-order valence-corrected chi connectivity index (χ4v) is 2.41. The first-order valence-corrected chi connectivity index (χ1v) is 6.58. The van der Waals surface area contributed by atoms with Crippen LogP contribution in [0.5, 0.6) is 0 Å². The minimum atomic E-state index is 0.0278. The van der Waals surface area contributed by atoms with Gasteiger partial charge < -0.3 is 9.72 Å². The van der Waals surface area contributed by atoms with Gasteiger partial charge in [-0.15, -0.1) is 0 Å². The Labute approximate surface area is 111 Å². The number of carbonyl (C=O) groups is 1. The van der Waals surface area contributed by atoms with Gasteiger partial charge in [-0.25, -0.2) is 4.98 Å². The molecule has 0 atom stereocenters.